The molecule has 0 bridgehead atoms. The van der Waals surface area contributed by atoms with Crippen molar-refractivity contribution in [2.75, 3.05) is 0 Å². The molecular weight excluding hydrogens is 601 g/mol. The molecule has 1 atom stereocenters. The van der Waals surface area contributed by atoms with Crippen LogP contribution in [0.25, 0.3) is 11.1 Å². The largest absolute Gasteiger partial charge is 0.457 e. The Morgan fingerprint density at radius 2 is 1.30 bits per heavy atom. The first kappa shape index (κ1) is 27.0. The van der Waals surface area contributed by atoms with Crippen LogP contribution in [0.1, 0.15) is 21.5 Å². The lowest BCUT2D eigenvalue weighted by molar-refractivity contribution is -0.389. The summed E-state index contributed by atoms with van der Waals surface area (Å²) in [6, 6.07) is 3.06. The van der Waals surface area contributed by atoms with E-state index in [1.54, 1.807) is 0 Å². The summed E-state index contributed by atoms with van der Waals surface area (Å²) >= 11 is 0.900. The van der Waals surface area contributed by atoms with Crippen molar-refractivity contribution in [2.45, 2.75) is 30.1 Å². The summed E-state index contributed by atoms with van der Waals surface area (Å²) in [4.78, 5) is 11.6. The van der Waals surface area contributed by atoms with Gasteiger partial charge in [0.05, 0.1) is 5.56 Å². The number of carbonyl (C=O) groups excluding carboxylic acids is 1. The van der Waals surface area contributed by atoms with E-state index < -0.39 is 73.5 Å². The van der Waals surface area contributed by atoms with Gasteiger partial charge in [0.25, 0.3) is 0 Å². The number of halogens is 13. The molecular formula is C18H8F12INO. The van der Waals surface area contributed by atoms with Crippen molar-refractivity contribution in [1.29, 1.82) is 0 Å². The van der Waals surface area contributed by atoms with Crippen LogP contribution in [-0.2, 0) is 11.8 Å². The SMILES string of the molecule is NC(=O)c1ccccc1-c1c(I)cc(C(F)(C(F)(F)F)C(F)(F)C(F)(F)F)cc1C(F)(F)F. The molecule has 2 N–H and O–H groups in total. The van der Waals surface area contributed by atoms with E-state index in [1.807, 2.05) is 0 Å². The van der Waals surface area contributed by atoms with Gasteiger partial charge in [-0.3, -0.25) is 4.79 Å². The molecule has 0 heterocycles. The average Bonchev–Trinajstić information content (AvgIpc) is 2.63. The summed E-state index contributed by atoms with van der Waals surface area (Å²) in [5.41, 5.74) is -8.58. The fourth-order valence-corrected chi connectivity index (χ4v) is 3.85. The maximum Gasteiger partial charge on any atom is 0.457 e. The molecule has 0 spiro atoms. The summed E-state index contributed by atoms with van der Waals surface area (Å²) in [7, 11) is 0. The summed E-state index contributed by atoms with van der Waals surface area (Å²) in [6.07, 6.45) is -19.8. The van der Waals surface area contributed by atoms with Gasteiger partial charge < -0.3 is 5.73 Å². The molecule has 0 aliphatic carbocycles. The molecule has 2 aromatic carbocycles. The Balaban J connectivity index is 3.04. The highest BCUT2D eigenvalue weighted by atomic mass is 127. The van der Waals surface area contributed by atoms with E-state index in [9.17, 15) is 57.5 Å². The van der Waals surface area contributed by atoms with Crippen LogP contribution in [0.15, 0.2) is 36.4 Å². The second-order valence-corrected chi connectivity index (χ2v) is 7.68. The zero-order chi connectivity index (χ0) is 25.8. The number of primary amides is 1. The van der Waals surface area contributed by atoms with Gasteiger partial charge in [0.1, 0.15) is 0 Å². The van der Waals surface area contributed by atoms with Gasteiger partial charge in [-0.2, -0.15) is 48.3 Å². The molecule has 2 aromatic rings. The third kappa shape index (κ3) is 4.47. The van der Waals surface area contributed by atoms with Crippen molar-refractivity contribution >= 4 is 28.5 Å². The van der Waals surface area contributed by atoms with Crippen molar-refractivity contribution in [3.8, 4) is 11.1 Å². The number of amides is 1. The second-order valence-electron chi connectivity index (χ2n) is 6.52. The van der Waals surface area contributed by atoms with E-state index in [1.165, 1.54) is 0 Å². The summed E-state index contributed by atoms with van der Waals surface area (Å²) < 4.78 is 160. The minimum absolute atomic E-state index is 0.226. The number of hydrogen-bond donors (Lipinski definition) is 1. The van der Waals surface area contributed by atoms with Gasteiger partial charge in [-0.25, -0.2) is 4.39 Å². The number of rotatable bonds is 4. The van der Waals surface area contributed by atoms with Crippen LogP contribution in [-0.4, -0.2) is 24.2 Å². The molecule has 0 radical (unpaired) electrons. The van der Waals surface area contributed by atoms with E-state index in [2.05, 4.69) is 0 Å². The number of carbonyl (C=O) groups is 1. The van der Waals surface area contributed by atoms with E-state index >= 15 is 0 Å². The van der Waals surface area contributed by atoms with Crippen molar-refractivity contribution in [3.05, 3.63) is 56.7 Å². The quantitative estimate of drug-likeness (QED) is 0.295. The highest BCUT2D eigenvalue weighted by molar-refractivity contribution is 14.1. The third-order valence-electron chi connectivity index (χ3n) is 4.43. The Labute approximate surface area is 189 Å². The van der Waals surface area contributed by atoms with Gasteiger partial charge in [-0.05, 0) is 46.4 Å². The molecule has 0 fully saturated rings. The van der Waals surface area contributed by atoms with Crippen LogP contribution in [0.3, 0.4) is 0 Å². The Morgan fingerprint density at radius 1 is 0.788 bits per heavy atom. The van der Waals surface area contributed by atoms with Crippen LogP contribution in [0, 0.1) is 3.57 Å². The monoisotopic (exact) mass is 609 g/mol. The molecule has 182 valence electrons. The smallest absolute Gasteiger partial charge is 0.366 e. The van der Waals surface area contributed by atoms with Gasteiger partial charge >= 0.3 is 30.1 Å². The second kappa shape index (κ2) is 8.23. The number of alkyl halides is 12. The van der Waals surface area contributed by atoms with Gasteiger partial charge in [0, 0.05) is 20.3 Å². The first-order valence-electron chi connectivity index (χ1n) is 8.18. The zero-order valence-electron chi connectivity index (χ0n) is 15.4. The molecule has 1 amide bonds. The Hall–Kier alpha value is -2.20. The number of benzene rings is 2. The van der Waals surface area contributed by atoms with Crippen molar-refractivity contribution in [2.24, 2.45) is 5.73 Å². The Bertz CT molecular complexity index is 1070. The van der Waals surface area contributed by atoms with Crippen LogP contribution in [0.2, 0.25) is 0 Å². The molecule has 2 rings (SSSR count). The van der Waals surface area contributed by atoms with Crippen LogP contribution >= 0.6 is 22.6 Å². The fourth-order valence-electron chi connectivity index (χ4n) is 2.94. The molecule has 0 saturated carbocycles. The molecule has 1 unspecified atom stereocenters. The van der Waals surface area contributed by atoms with E-state index in [-0.39, 0.29) is 6.07 Å². The molecule has 0 saturated heterocycles. The highest BCUT2D eigenvalue weighted by Crippen LogP contribution is 2.59. The molecule has 0 aliphatic rings. The fraction of sp³-hybridized carbons (Fsp3) is 0.278. The van der Waals surface area contributed by atoms with E-state index in [0.717, 1.165) is 46.9 Å². The summed E-state index contributed by atoms with van der Waals surface area (Å²) in [5.74, 6) is -8.44. The lowest BCUT2D eigenvalue weighted by Gasteiger charge is -2.36. The summed E-state index contributed by atoms with van der Waals surface area (Å²) in [6.45, 7) is 0. The minimum Gasteiger partial charge on any atom is -0.366 e. The van der Waals surface area contributed by atoms with Gasteiger partial charge in [0.15, 0.2) is 0 Å². The Morgan fingerprint density at radius 3 is 1.73 bits per heavy atom. The van der Waals surface area contributed by atoms with E-state index in [0.29, 0.717) is 0 Å². The minimum atomic E-state index is -7.16. The molecule has 2 nitrogen and oxygen atoms in total. The topological polar surface area (TPSA) is 43.1 Å². The zero-order valence-corrected chi connectivity index (χ0v) is 17.5. The molecule has 33 heavy (non-hydrogen) atoms. The van der Waals surface area contributed by atoms with Crippen LogP contribution < -0.4 is 5.73 Å². The average molecular weight is 609 g/mol. The highest BCUT2D eigenvalue weighted by Gasteiger charge is 2.81. The molecule has 0 aromatic heterocycles. The van der Waals surface area contributed by atoms with Crippen molar-refractivity contribution in [3.63, 3.8) is 0 Å². The maximum atomic E-state index is 14.8. The first-order chi connectivity index (χ1) is 14.7. The molecule has 15 heteroatoms. The van der Waals surface area contributed by atoms with Crippen LogP contribution in [0.4, 0.5) is 52.7 Å². The van der Waals surface area contributed by atoms with Gasteiger partial charge in [-0.15, -0.1) is 0 Å². The van der Waals surface area contributed by atoms with Gasteiger partial charge in [0.2, 0.25) is 5.91 Å². The first-order valence-corrected chi connectivity index (χ1v) is 9.26. The van der Waals surface area contributed by atoms with Crippen molar-refractivity contribution in [1.82, 2.24) is 0 Å². The van der Waals surface area contributed by atoms with Crippen LogP contribution in [0.5, 0.6) is 0 Å². The number of hydrogen-bond acceptors (Lipinski definition) is 1. The maximum absolute atomic E-state index is 14.8. The van der Waals surface area contributed by atoms with Crippen molar-refractivity contribution < 1.29 is 57.5 Å². The standard InChI is InChI=1S/C18H8F12INO/c19-14(17(25,26)27,16(23,24)18(28,29)30)7-5-10(15(20,21)22)12(11(31)6-7)8-3-1-2-4-9(8)13(32)33/h1-6H,(H2,32,33). The molecule has 0 aliphatic heterocycles. The lowest BCUT2D eigenvalue weighted by atomic mass is 9.84. The lowest BCUT2D eigenvalue weighted by Crippen LogP contribution is -2.59. The Kier molecular flexibility index (Phi) is 6.75. The predicted octanol–water partition coefficient (Wildman–Crippen LogP) is 7.00. The van der Waals surface area contributed by atoms with Gasteiger partial charge in [-0.1, -0.05) is 18.2 Å². The number of nitrogens with two attached hydrogens (primary N) is 1. The third-order valence-corrected chi connectivity index (χ3v) is 5.29. The predicted molar refractivity (Wildman–Crippen MR) is 98.0 cm³/mol. The summed E-state index contributed by atoms with van der Waals surface area (Å²) in [5, 5.41) is 0. The van der Waals surface area contributed by atoms with E-state index in [4.69, 9.17) is 5.73 Å². The normalized spacial score (nSPS) is 15.3.